The van der Waals surface area contributed by atoms with Crippen LogP contribution in [0.3, 0.4) is 0 Å². The number of halogens is 3. The fraction of sp³-hybridized carbons (Fsp3) is 0.316. The molecule has 1 aliphatic rings. The molecule has 26 heavy (non-hydrogen) atoms. The first-order chi connectivity index (χ1) is 12.3. The molecule has 0 saturated heterocycles. The molecular formula is C19H18F3NO3. The van der Waals surface area contributed by atoms with E-state index in [1.807, 2.05) is 0 Å². The van der Waals surface area contributed by atoms with Gasteiger partial charge in [-0.3, -0.25) is 4.79 Å². The fourth-order valence-electron chi connectivity index (χ4n) is 3.26. The van der Waals surface area contributed by atoms with E-state index >= 15 is 0 Å². The van der Waals surface area contributed by atoms with Gasteiger partial charge in [0.2, 0.25) is 5.91 Å². The zero-order chi connectivity index (χ0) is 18.9. The highest BCUT2D eigenvalue weighted by molar-refractivity contribution is 5.95. The lowest BCUT2D eigenvalue weighted by Gasteiger charge is -2.22. The smallest absolute Gasteiger partial charge is 0.416 e. The van der Waals surface area contributed by atoms with Crippen LogP contribution in [-0.2, 0) is 17.4 Å². The third-order valence-corrected chi connectivity index (χ3v) is 4.69. The first kappa shape index (κ1) is 18.3. The largest absolute Gasteiger partial charge is 0.497 e. The number of aliphatic hydroxyl groups excluding tert-OH is 1. The number of benzene rings is 2. The second-order valence-electron chi connectivity index (χ2n) is 6.23. The number of hydrogen-bond donors (Lipinski definition) is 2. The Balaban J connectivity index is 2.04. The van der Waals surface area contributed by atoms with Crippen molar-refractivity contribution in [3.05, 3.63) is 59.2 Å². The first-order valence-electron chi connectivity index (χ1n) is 8.09. The van der Waals surface area contributed by atoms with Crippen LogP contribution < -0.4 is 10.1 Å². The summed E-state index contributed by atoms with van der Waals surface area (Å²) in [6, 6.07) is 10.2. The van der Waals surface area contributed by atoms with Crippen LogP contribution in [0.4, 0.5) is 18.9 Å². The molecule has 1 aliphatic heterocycles. The van der Waals surface area contributed by atoms with Crippen molar-refractivity contribution in [3.8, 4) is 5.75 Å². The Morgan fingerprint density at radius 3 is 2.46 bits per heavy atom. The van der Waals surface area contributed by atoms with E-state index in [0.717, 1.165) is 17.7 Å². The number of rotatable bonds is 3. The summed E-state index contributed by atoms with van der Waals surface area (Å²) in [4.78, 5) is 12.5. The molecule has 0 saturated carbocycles. The van der Waals surface area contributed by atoms with Crippen LogP contribution in [0.2, 0.25) is 0 Å². The molecule has 0 aliphatic carbocycles. The molecule has 0 bridgehead atoms. The van der Waals surface area contributed by atoms with Crippen molar-refractivity contribution >= 4 is 11.6 Å². The second kappa shape index (κ2) is 6.99. The fourth-order valence-corrected chi connectivity index (χ4v) is 3.26. The minimum Gasteiger partial charge on any atom is -0.497 e. The molecule has 2 aromatic carbocycles. The average molecular weight is 365 g/mol. The number of amides is 1. The minimum atomic E-state index is -4.46. The predicted molar refractivity (Wildman–Crippen MR) is 90.1 cm³/mol. The van der Waals surface area contributed by atoms with E-state index in [2.05, 4.69) is 5.32 Å². The standard InChI is InChI=1S/C19H18F3NO3/c1-26-14-5-2-11(3-6-14)15-9-12-8-13(19(20,21)22)4-7-17(12)23-18(25)16(15)10-24/h2-8,15-16,24H,9-10H2,1H3,(H,23,25). The number of methoxy groups -OCH3 is 1. The van der Waals surface area contributed by atoms with Gasteiger partial charge in [-0.05, 0) is 47.9 Å². The lowest BCUT2D eigenvalue weighted by Crippen LogP contribution is -2.29. The molecule has 1 amide bonds. The molecule has 0 fully saturated rings. The molecule has 0 radical (unpaired) electrons. The van der Waals surface area contributed by atoms with Gasteiger partial charge in [0, 0.05) is 11.6 Å². The topological polar surface area (TPSA) is 58.6 Å². The summed E-state index contributed by atoms with van der Waals surface area (Å²) in [5, 5.41) is 12.3. The lowest BCUT2D eigenvalue weighted by atomic mass is 9.82. The molecule has 2 N–H and O–H groups in total. The van der Waals surface area contributed by atoms with Crippen LogP contribution in [0.15, 0.2) is 42.5 Å². The SMILES string of the molecule is COc1ccc(C2Cc3cc(C(F)(F)F)ccc3NC(=O)C2CO)cc1. The summed E-state index contributed by atoms with van der Waals surface area (Å²) >= 11 is 0. The highest BCUT2D eigenvalue weighted by Crippen LogP contribution is 2.38. The Labute approximate surface area is 148 Å². The summed E-state index contributed by atoms with van der Waals surface area (Å²) in [6.07, 6.45) is -4.26. The summed E-state index contributed by atoms with van der Waals surface area (Å²) < 4.78 is 44.2. The highest BCUT2D eigenvalue weighted by atomic mass is 19.4. The maximum atomic E-state index is 13.0. The Morgan fingerprint density at radius 1 is 1.19 bits per heavy atom. The van der Waals surface area contributed by atoms with Crippen LogP contribution in [0.5, 0.6) is 5.75 Å². The number of nitrogens with one attached hydrogen (secondary N) is 1. The van der Waals surface area contributed by atoms with E-state index in [-0.39, 0.29) is 6.42 Å². The van der Waals surface area contributed by atoms with Crippen molar-refractivity contribution in [2.45, 2.75) is 18.5 Å². The Hall–Kier alpha value is -2.54. The molecule has 2 aromatic rings. The zero-order valence-electron chi connectivity index (χ0n) is 14.0. The van der Waals surface area contributed by atoms with Crippen molar-refractivity contribution in [3.63, 3.8) is 0 Å². The third kappa shape index (κ3) is 3.53. The van der Waals surface area contributed by atoms with Gasteiger partial charge >= 0.3 is 6.18 Å². The number of ether oxygens (including phenoxy) is 1. The minimum absolute atomic E-state index is 0.204. The van der Waals surface area contributed by atoms with Crippen molar-refractivity contribution in [1.29, 1.82) is 0 Å². The molecule has 0 aromatic heterocycles. The van der Waals surface area contributed by atoms with Gasteiger partial charge in [-0.25, -0.2) is 0 Å². The summed E-state index contributed by atoms with van der Waals surface area (Å²) in [5.74, 6) is -0.986. The van der Waals surface area contributed by atoms with Gasteiger partial charge in [0.1, 0.15) is 5.75 Å². The van der Waals surface area contributed by atoms with Gasteiger partial charge in [-0.15, -0.1) is 0 Å². The van der Waals surface area contributed by atoms with Crippen LogP contribution in [0, 0.1) is 5.92 Å². The summed E-state index contributed by atoms with van der Waals surface area (Å²) in [6.45, 7) is -0.400. The quantitative estimate of drug-likeness (QED) is 0.874. The molecule has 4 nitrogen and oxygen atoms in total. The second-order valence-corrected chi connectivity index (χ2v) is 6.23. The van der Waals surface area contributed by atoms with Crippen molar-refractivity contribution in [2.24, 2.45) is 5.92 Å². The van der Waals surface area contributed by atoms with Crippen LogP contribution in [0.25, 0.3) is 0 Å². The molecule has 3 rings (SSSR count). The van der Waals surface area contributed by atoms with Crippen LogP contribution in [0.1, 0.15) is 22.6 Å². The van der Waals surface area contributed by atoms with Gasteiger partial charge in [0.05, 0.1) is 25.2 Å². The van der Waals surface area contributed by atoms with Gasteiger partial charge in [-0.2, -0.15) is 13.2 Å². The number of aliphatic hydroxyl groups is 1. The van der Waals surface area contributed by atoms with Crippen molar-refractivity contribution in [1.82, 2.24) is 0 Å². The zero-order valence-corrected chi connectivity index (χ0v) is 14.0. The third-order valence-electron chi connectivity index (χ3n) is 4.69. The molecule has 2 unspecified atom stereocenters. The molecule has 138 valence electrons. The predicted octanol–water partition coefficient (Wildman–Crippen LogP) is 3.60. The number of alkyl halides is 3. The molecule has 2 atom stereocenters. The van der Waals surface area contributed by atoms with E-state index in [1.54, 1.807) is 24.3 Å². The molecule has 1 heterocycles. The van der Waals surface area contributed by atoms with Crippen molar-refractivity contribution < 1.29 is 27.8 Å². The number of anilines is 1. The first-order valence-corrected chi connectivity index (χ1v) is 8.09. The van der Waals surface area contributed by atoms with E-state index in [9.17, 15) is 23.1 Å². The van der Waals surface area contributed by atoms with E-state index in [4.69, 9.17) is 4.74 Å². The maximum Gasteiger partial charge on any atom is 0.416 e. The average Bonchev–Trinajstić information content (AvgIpc) is 2.75. The van der Waals surface area contributed by atoms with Gasteiger partial charge < -0.3 is 15.2 Å². The Bertz CT molecular complexity index is 803. The Kier molecular flexibility index (Phi) is 4.91. The number of carbonyl (C=O) groups excluding carboxylic acids is 1. The van der Waals surface area contributed by atoms with Crippen molar-refractivity contribution in [2.75, 3.05) is 19.0 Å². The molecule has 7 heteroatoms. The number of fused-ring (bicyclic) bond motifs is 1. The molecule has 0 spiro atoms. The highest BCUT2D eigenvalue weighted by Gasteiger charge is 2.36. The normalized spacial score (nSPS) is 20.1. The maximum absolute atomic E-state index is 13.0. The monoisotopic (exact) mass is 365 g/mol. The summed E-state index contributed by atoms with van der Waals surface area (Å²) in [7, 11) is 1.53. The van der Waals surface area contributed by atoms with Crippen LogP contribution in [-0.4, -0.2) is 24.7 Å². The van der Waals surface area contributed by atoms with Gasteiger partial charge in [-0.1, -0.05) is 12.1 Å². The van der Waals surface area contributed by atoms with E-state index in [1.165, 1.54) is 13.2 Å². The number of hydrogen-bond acceptors (Lipinski definition) is 3. The van der Waals surface area contributed by atoms with Gasteiger partial charge in [0.15, 0.2) is 0 Å². The number of carbonyl (C=O) groups is 1. The lowest BCUT2D eigenvalue weighted by molar-refractivity contribution is -0.137. The van der Waals surface area contributed by atoms with Crippen LogP contribution >= 0.6 is 0 Å². The van der Waals surface area contributed by atoms with E-state index in [0.29, 0.717) is 17.0 Å². The van der Waals surface area contributed by atoms with E-state index < -0.39 is 36.1 Å². The van der Waals surface area contributed by atoms with Gasteiger partial charge in [0.25, 0.3) is 0 Å². The Morgan fingerprint density at radius 2 is 1.88 bits per heavy atom. The molecular weight excluding hydrogens is 347 g/mol. The summed E-state index contributed by atoms with van der Waals surface area (Å²) in [5.41, 5.74) is 0.731.